The monoisotopic (exact) mass is 297 g/mol. The highest BCUT2D eigenvalue weighted by atomic mass is 32.2. The second kappa shape index (κ2) is 5.53. The zero-order chi connectivity index (χ0) is 15.6. The summed E-state index contributed by atoms with van der Waals surface area (Å²) in [6.45, 7) is 3.04. The highest BCUT2D eigenvalue weighted by Crippen LogP contribution is 2.22. The molecule has 108 valence electrons. The molecular formula is C13H15NO5S. The molecule has 0 heterocycles. The highest BCUT2D eigenvalue weighted by Gasteiger charge is 2.25. The van der Waals surface area contributed by atoms with E-state index in [4.69, 9.17) is 6.42 Å². The van der Waals surface area contributed by atoms with Crippen LogP contribution in [0.3, 0.4) is 0 Å². The second-order valence-corrected chi connectivity index (χ2v) is 6.23. The van der Waals surface area contributed by atoms with Crippen molar-refractivity contribution >= 4 is 16.0 Å². The third-order valence-electron chi connectivity index (χ3n) is 2.43. The van der Waals surface area contributed by atoms with Crippen molar-refractivity contribution in [1.29, 1.82) is 0 Å². The maximum atomic E-state index is 12.1. The quantitative estimate of drug-likeness (QED) is 0.635. The fraction of sp³-hybridized carbons (Fsp3) is 0.308. The van der Waals surface area contributed by atoms with Crippen LogP contribution in [0, 0.1) is 12.3 Å². The molecule has 1 aromatic rings. The number of carbonyl (C=O) groups excluding carboxylic acids is 1. The van der Waals surface area contributed by atoms with Crippen molar-refractivity contribution in [2.75, 3.05) is 7.11 Å². The number of esters is 1. The Labute approximate surface area is 117 Å². The summed E-state index contributed by atoms with van der Waals surface area (Å²) in [5, 5.41) is 9.53. The molecule has 6 nitrogen and oxygen atoms in total. The Kier molecular flexibility index (Phi) is 4.43. The van der Waals surface area contributed by atoms with Gasteiger partial charge in [-0.1, -0.05) is 5.92 Å². The maximum absolute atomic E-state index is 12.1. The molecule has 0 radical (unpaired) electrons. The topological polar surface area (TPSA) is 92.7 Å². The lowest BCUT2D eigenvalue weighted by Crippen LogP contribution is -2.41. The van der Waals surface area contributed by atoms with Crippen molar-refractivity contribution in [2.45, 2.75) is 24.3 Å². The summed E-state index contributed by atoms with van der Waals surface area (Å²) < 4.78 is 31.0. The number of nitrogens with one attached hydrogen (secondary N) is 1. The number of methoxy groups -OCH3 is 1. The van der Waals surface area contributed by atoms with Crippen LogP contribution in [0.1, 0.15) is 24.2 Å². The minimum absolute atomic E-state index is 0.195. The number of sulfonamides is 1. The Bertz CT molecular complexity index is 670. The Hall–Kier alpha value is -2.04. The van der Waals surface area contributed by atoms with E-state index in [1.54, 1.807) is 0 Å². The molecule has 0 saturated carbocycles. The summed E-state index contributed by atoms with van der Waals surface area (Å²) in [7, 11) is -2.79. The maximum Gasteiger partial charge on any atom is 0.341 e. The molecule has 0 amide bonds. The van der Waals surface area contributed by atoms with Gasteiger partial charge >= 0.3 is 5.97 Å². The van der Waals surface area contributed by atoms with Gasteiger partial charge in [-0.3, -0.25) is 0 Å². The molecule has 0 aliphatic carbocycles. The van der Waals surface area contributed by atoms with Crippen molar-refractivity contribution in [3.05, 3.63) is 23.8 Å². The number of rotatable bonds is 4. The molecular weight excluding hydrogens is 282 g/mol. The Morgan fingerprint density at radius 3 is 2.55 bits per heavy atom. The van der Waals surface area contributed by atoms with Gasteiger partial charge in [-0.25, -0.2) is 13.2 Å². The Balaban J connectivity index is 3.28. The SMILES string of the molecule is C#CC(C)(C)NS(=O)(=O)c1ccc(O)c(C(=O)OC)c1. The summed E-state index contributed by atoms with van der Waals surface area (Å²) in [6, 6.07) is 3.29. The van der Waals surface area contributed by atoms with Gasteiger partial charge in [-0.2, -0.15) is 4.72 Å². The number of hydrogen-bond donors (Lipinski definition) is 2. The van der Waals surface area contributed by atoms with E-state index < -0.39 is 21.5 Å². The van der Waals surface area contributed by atoms with Crippen LogP contribution < -0.4 is 4.72 Å². The zero-order valence-electron chi connectivity index (χ0n) is 11.3. The van der Waals surface area contributed by atoms with Crippen LogP contribution in [0.4, 0.5) is 0 Å². The number of phenolic OH excluding ortho intramolecular Hbond substituents is 1. The molecule has 1 aromatic carbocycles. The second-order valence-electron chi connectivity index (χ2n) is 4.55. The molecule has 0 aliphatic rings. The lowest BCUT2D eigenvalue weighted by atomic mass is 10.1. The molecule has 0 atom stereocenters. The molecule has 0 aromatic heterocycles. The highest BCUT2D eigenvalue weighted by molar-refractivity contribution is 7.89. The van der Waals surface area contributed by atoms with Gasteiger partial charge < -0.3 is 9.84 Å². The number of aromatic hydroxyl groups is 1. The number of benzene rings is 1. The first-order valence-corrected chi connectivity index (χ1v) is 7.04. The first kappa shape index (κ1) is 16.0. The lowest BCUT2D eigenvalue weighted by molar-refractivity contribution is 0.0597. The van der Waals surface area contributed by atoms with Crippen molar-refractivity contribution in [2.24, 2.45) is 0 Å². The van der Waals surface area contributed by atoms with Crippen LogP contribution in [0.2, 0.25) is 0 Å². The number of ether oxygens (including phenoxy) is 1. The summed E-state index contributed by atoms with van der Waals surface area (Å²) >= 11 is 0. The molecule has 1 rings (SSSR count). The largest absolute Gasteiger partial charge is 0.507 e. The molecule has 0 unspecified atom stereocenters. The predicted molar refractivity (Wildman–Crippen MR) is 72.7 cm³/mol. The van der Waals surface area contributed by atoms with Crippen LogP contribution in [-0.4, -0.2) is 32.1 Å². The van der Waals surface area contributed by atoms with E-state index >= 15 is 0 Å². The minimum atomic E-state index is -3.92. The fourth-order valence-electron chi connectivity index (χ4n) is 1.38. The molecule has 0 spiro atoms. The van der Waals surface area contributed by atoms with E-state index in [0.717, 1.165) is 25.3 Å². The van der Waals surface area contributed by atoms with Crippen molar-refractivity contribution in [1.82, 2.24) is 4.72 Å². The number of carbonyl (C=O) groups is 1. The van der Waals surface area contributed by atoms with Crippen LogP contribution in [0.15, 0.2) is 23.1 Å². The van der Waals surface area contributed by atoms with Crippen molar-refractivity contribution in [3.63, 3.8) is 0 Å². The van der Waals surface area contributed by atoms with Crippen molar-refractivity contribution < 1.29 is 23.1 Å². The first-order chi connectivity index (χ1) is 9.13. The molecule has 0 bridgehead atoms. The van der Waals surface area contributed by atoms with E-state index in [9.17, 15) is 18.3 Å². The zero-order valence-corrected chi connectivity index (χ0v) is 12.1. The van der Waals surface area contributed by atoms with Gasteiger partial charge in [-0.05, 0) is 32.0 Å². The molecule has 0 fully saturated rings. The van der Waals surface area contributed by atoms with Gasteiger partial charge in [0.25, 0.3) is 0 Å². The van der Waals surface area contributed by atoms with Gasteiger partial charge in [0.15, 0.2) is 0 Å². The molecule has 20 heavy (non-hydrogen) atoms. The Morgan fingerprint density at radius 1 is 1.45 bits per heavy atom. The summed E-state index contributed by atoms with van der Waals surface area (Å²) in [6.07, 6.45) is 5.22. The molecule has 0 aliphatic heterocycles. The average Bonchev–Trinajstić information content (AvgIpc) is 2.37. The number of hydrogen-bond acceptors (Lipinski definition) is 5. The van der Waals surface area contributed by atoms with E-state index in [1.165, 1.54) is 13.8 Å². The molecule has 0 saturated heterocycles. The lowest BCUT2D eigenvalue weighted by Gasteiger charge is -2.19. The average molecular weight is 297 g/mol. The van der Waals surface area contributed by atoms with E-state index in [0.29, 0.717) is 0 Å². The Morgan fingerprint density at radius 2 is 2.05 bits per heavy atom. The molecule has 7 heteroatoms. The first-order valence-electron chi connectivity index (χ1n) is 5.56. The number of terminal acetylenes is 1. The van der Waals surface area contributed by atoms with Crippen LogP contribution in [0.25, 0.3) is 0 Å². The third-order valence-corrected chi connectivity index (χ3v) is 4.09. The predicted octanol–water partition coefficient (Wildman–Crippen LogP) is 0.869. The van der Waals surface area contributed by atoms with Crippen LogP contribution in [0.5, 0.6) is 5.75 Å². The van der Waals surface area contributed by atoms with Crippen molar-refractivity contribution in [3.8, 4) is 18.1 Å². The van der Waals surface area contributed by atoms with E-state index in [1.807, 2.05) is 0 Å². The molecule has 2 N–H and O–H groups in total. The van der Waals surface area contributed by atoms with E-state index in [-0.39, 0.29) is 16.2 Å². The van der Waals surface area contributed by atoms with Crippen LogP contribution >= 0.6 is 0 Å². The standard InChI is InChI=1S/C13H15NO5S/c1-5-13(2,3)14-20(17,18)9-6-7-11(15)10(8-9)12(16)19-4/h1,6-8,14-15H,2-4H3. The normalized spacial score (nSPS) is 11.7. The minimum Gasteiger partial charge on any atom is -0.507 e. The van der Waals surface area contributed by atoms with E-state index in [2.05, 4.69) is 15.4 Å². The third kappa shape index (κ3) is 3.50. The van der Waals surface area contributed by atoms with Gasteiger partial charge in [0.2, 0.25) is 10.0 Å². The van der Waals surface area contributed by atoms with Gasteiger partial charge in [0.05, 0.1) is 17.5 Å². The van der Waals surface area contributed by atoms with Gasteiger partial charge in [0.1, 0.15) is 11.3 Å². The summed E-state index contributed by atoms with van der Waals surface area (Å²) in [5.74, 6) is 1.09. The number of phenols is 1. The smallest absolute Gasteiger partial charge is 0.341 e. The summed E-state index contributed by atoms with van der Waals surface area (Å²) in [4.78, 5) is 11.2. The van der Waals surface area contributed by atoms with Gasteiger partial charge in [0, 0.05) is 0 Å². The fourth-order valence-corrected chi connectivity index (χ4v) is 2.75. The summed E-state index contributed by atoms with van der Waals surface area (Å²) in [5.41, 5.74) is -1.32. The van der Waals surface area contributed by atoms with Crippen LogP contribution in [-0.2, 0) is 14.8 Å². The van der Waals surface area contributed by atoms with Gasteiger partial charge in [-0.15, -0.1) is 6.42 Å².